The Labute approximate surface area is 175 Å². The number of H-pyrrole nitrogens is 1. The third-order valence-electron chi connectivity index (χ3n) is 5.12. The lowest BCUT2D eigenvalue weighted by molar-refractivity contribution is 0.0600. The third kappa shape index (κ3) is 3.52. The van der Waals surface area contributed by atoms with E-state index in [0.717, 1.165) is 0 Å². The third-order valence-corrected chi connectivity index (χ3v) is 5.66. The zero-order valence-electron chi connectivity index (χ0n) is 15.4. The van der Waals surface area contributed by atoms with Crippen molar-refractivity contribution in [2.45, 2.75) is 12.5 Å². The van der Waals surface area contributed by atoms with Crippen molar-refractivity contribution in [3.05, 3.63) is 68.1 Å². The van der Waals surface area contributed by atoms with E-state index >= 15 is 0 Å². The van der Waals surface area contributed by atoms with Crippen LogP contribution in [-0.4, -0.2) is 46.5 Å². The molecular formula is C20H17Cl2N3O4. The lowest BCUT2D eigenvalue weighted by Crippen LogP contribution is -2.31. The molecule has 0 saturated carbocycles. The van der Waals surface area contributed by atoms with E-state index in [2.05, 4.69) is 4.98 Å². The highest BCUT2D eigenvalue weighted by Gasteiger charge is 2.31. The lowest BCUT2D eigenvalue weighted by Gasteiger charge is -2.18. The van der Waals surface area contributed by atoms with Gasteiger partial charge in [-0.15, -0.1) is 0 Å². The summed E-state index contributed by atoms with van der Waals surface area (Å²) in [4.78, 5) is 41.7. The van der Waals surface area contributed by atoms with Crippen LogP contribution in [0.1, 0.15) is 33.2 Å². The molecule has 0 bridgehead atoms. The van der Waals surface area contributed by atoms with Gasteiger partial charge in [0, 0.05) is 18.1 Å². The van der Waals surface area contributed by atoms with Gasteiger partial charge in [-0.2, -0.15) is 0 Å². The number of benzene rings is 2. The van der Waals surface area contributed by atoms with Crippen molar-refractivity contribution in [3.63, 3.8) is 0 Å². The molecule has 4 rings (SSSR count). The molecule has 1 fully saturated rings. The summed E-state index contributed by atoms with van der Waals surface area (Å²) < 4.78 is 6.36. The number of ether oxygens (including phenoxy) is 1. The van der Waals surface area contributed by atoms with Gasteiger partial charge in [0.25, 0.3) is 5.91 Å². The summed E-state index contributed by atoms with van der Waals surface area (Å²) in [5.74, 6) is -0.690. The molecule has 1 aliphatic heterocycles. The molecule has 7 nitrogen and oxygen atoms in total. The van der Waals surface area contributed by atoms with Crippen molar-refractivity contribution in [2.24, 2.45) is 0 Å². The second-order valence-electron chi connectivity index (χ2n) is 6.84. The maximum absolute atomic E-state index is 12.9. The summed E-state index contributed by atoms with van der Waals surface area (Å²) in [6.45, 7) is 0.839. The second kappa shape index (κ2) is 7.57. The normalized spacial score (nSPS) is 16.4. The van der Waals surface area contributed by atoms with E-state index in [1.807, 2.05) is 0 Å². The molecule has 1 saturated heterocycles. The maximum Gasteiger partial charge on any atom is 0.337 e. The molecule has 150 valence electrons. The minimum atomic E-state index is -0.479. The Morgan fingerprint density at radius 1 is 1.17 bits per heavy atom. The molecule has 2 aromatic carbocycles. The van der Waals surface area contributed by atoms with E-state index in [9.17, 15) is 14.4 Å². The monoisotopic (exact) mass is 433 g/mol. The number of likely N-dealkylation sites (tertiary alicyclic amines) is 1. The van der Waals surface area contributed by atoms with Crippen LogP contribution in [0.3, 0.4) is 0 Å². The average Bonchev–Trinajstić information content (AvgIpc) is 3.29. The SMILES string of the molecule is COC(=O)c1ccc2[nH]c(=O)n([C@H]3CCN(C(=O)c4ccc(Cl)cc4Cl)C3)c2c1. The molecule has 0 unspecified atom stereocenters. The van der Waals surface area contributed by atoms with Gasteiger partial charge in [0.2, 0.25) is 0 Å². The summed E-state index contributed by atoms with van der Waals surface area (Å²) >= 11 is 12.1. The molecule has 1 amide bonds. The number of imidazole rings is 1. The van der Waals surface area contributed by atoms with E-state index in [-0.39, 0.29) is 22.7 Å². The first kappa shape index (κ1) is 19.5. The van der Waals surface area contributed by atoms with E-state index in [1.165, 1.54) is 13.2 Å². The Morgan fingerprint density at radius 3 is 2.69 bits per heavy atom. The maximum atomic E-state index is 12.9. The molecule has 0 radical (unpaired) electrons. The summed E-state index contributed by atoms with van der Waals surface area (Å²) in [5, 5.41) is 0.746. The summed E-state index contributed by atoms with van der Waals surface area (Å²) in [6, 6.07) is 9.42. The van der Waals surface area contributed by atoms with Crippen LogP contribution in [0.25, 0.3) is 11.0 Å². The molecule has 1 aliphatic rings. The van der Waals surface area contributed by atoms with Crippen LogP contribution in [-0.2, 0) is 4.74 Å². The number of nitrogens with zero attached hydrogens (tertiary/aromatic N) is 2. The topological polar surface area (TPSA) is 84.4 Å². The summed E-state index contributed by atoms with van der Waals surface area (Å²) in [5.41, 5.74) is 1.66. The number of hydrogen-bond acceptors (Lipinski definition) is 4. The molecule has 0 spiro atoms. The molecule has 1 aromatic heterocycles. The summed E-state index contributed by atoms with van der Waals surface area (Å²) in [7, 11) is 1.30. The number of amides is 1. The first-order valence-corrected chi connectivity index (χ1v) is 9.71. The van der Waals surface area contributed by atoms with Gasteiger partial charge in [0.1, 0.15) is 0 Å². The Morgan fingerprint density at radius 2 is 1.97 bits per heavy atom. The number of rotatable bonds is 3. The average molecular weight is 434 g/mol. The van der Waals surface area contributed by atoms with Crippen LogP contribution in [0.4, 0.5) is 0 Å². The minimum absolute atomic E-state index is 0.211. The van der Waals surface area contributed by atoms with Crippen molar-refractivity contribution in [1.29, 1.82) is 0 Å². The molecular weight excluding hydrogens is 417 g/mol. The van der Waals surface area contributed by atoms with E-state index in [1.54, 1.807) is 39.8 Å². The van der Waals surface area contributed by atoms with Gasteiger partial charge in [0.15, 0.2) is 0 Å². The minimum Gasteiger partial charge on any atom is -0.465 e. The van der Waals surface area contributed by atoms with Gasteiger partial charge in [-0.05, 0) is 42.8 Å². The van der Waals surface area contributed by atoms with Gasteiger partial charge in [-0.1, -0.05) is 23.2 Å². The Bertz CT molecular complexity index is 1180. The number of methoxy groups -OCH3 is 1. The number of carbonyl (C=O) groups excluding carboxylic acids is 2. The van der Waals surface area contributed by atoms with Crippen molar-refractivity contribution in [2.75, 3.05) is 20.2 Å². The Balaban J connectivity index is 1.64. The van der Waals surface area contributed by atoms with Crippen LogP contribution >= 0.6 is 23.2 Å². The van der Waals surface area contributed by atoms with Crippen LogP contribution in [0.2, 0.25) is 10.0 Å². The van der Waals surface area contributed by atoms with Crippen molar-refractivity contribution < 1.29 is 14.3 Å². The molecule has 0 aliphatic carbocycles. The van der Waals surface area contributed by atoms with Crippen LogP contribution < -0.4 is 5.69 Å². The number of halogens is 2. The van der Waals surface area contributed by atoms with Crippen molar-refractivity contribution in [3.8, 4) is 0 Å². The first-order valence-electron chi connectivity index (χ1n) is 8.96. The van der Waals surface area contributed by atoms with E-state index in [0.29, 0.717) is 46.7 Å². The zero-order chi connectivity index (χ0) is 20.7. The van der Waals surface area contributed by atoms with Gasteiger partial charge < -0.3 is 14.6 Å². The number of carbonyl (C=O) groups is 2. The molecule has 9 heteroatoms. The van der Waals surface area contributed by atoms with Crippen molar-refractivity contribution >= 4 is 46.1 Å². The molecule has 1 atom stereocenters. The standard InChI is InChI=1S/C20H17Cl2N3O4/c1-29-19(27)11-2-5-16-17(8-11)25(20(28)23-16)13-6-7-24(10-13)18(26)14-4-3-12(21)9-15(14)22/h2-5,8-9,13H,6-7,10H2,1H3,(H,23,28)/t13-/m0/s1. The highest BCUT2D eigenvalue weighted by molar-refractivity contribution is 6.36. The molecule has 1 N–H and O–H groups in total. The lowest BCUT2D eigenvalue weighted by atomic mass is 10.2. The fourth-order valence-electron chi connectivity index (χ4n) is 3.70. The highest BCUT2D eigenvalue weighted by atomic mass is 35.5. The Kier molecular flexibility index (Phi) is 5.10. The Hall–Kier alpha value is -2.77. The number of hydrogen-bond donors (Lipinski definition) is 1. The molecule has 2 heterocycles. The number of nitrogens with one attached hydrogen (secondary N) is 1. The fraction of sp³-hybridized carbons (Fsp3) is 0.250. The second-order valence-corrected chi connectivity index (χ2v) is 7.69. The van der Waals surface area contributed by atoms with Gasteiger partial charge >= 0.3 is 11.7 Å². The highest BCUT2D eigenvalue weighted by Crippen LogP contribution is 2.28. The molecule has 29 heavy (non-hydrogen) atoms. The van der Waals surface area contributed by atoms with Crippen LogP contribution in [0.5, 0.6) is 0 Å². The zero-order valence-corrected chi connectivity index (χ0v) is 17.0. The largest absolute Gasteiger partial charge is 0.465 e. The number of aromatic amines is 1. The van der Waals surface area contributed by atoms with Gasteiger partial charge in [0.05, 0.1) is 40.3 Å². The smallest absolute Gasteiger partial charge is 0.337 e. The molecule has 3 aromatic rings. The quantitative estimate of drug-likeness (QED) is 0.640. The van der Waals surface area contributed by atoms with E-state index < -0.39 is 5.97 Å². The number of fused-ring (bicyclic) bond motifs is 1. The summed E-state index contributed by atoms with van der Waals surface area (Å²) in [6.07, 6.45) is 0.603. The van der Waals surface area contributed by atoms with Gasteiger partial charge in [-0.3, -0.25) is 9.36 Å². The van der Waals surface area contributed by atoms with Crippen molar-refractivity contribution in [1.82, 2.24) is 14.5 Å². The first-order chi connectivity index (χ1) is 13.9. The number of esters is 1. The van der Waals surface area contributed by atoms with E-state index in [4.69, 9.17) is 27.9 Å². The fourth-order valence-corrected chi connectivity index (χ4v) is 4.19. The van der Waals surface area contributed by atoms with Gasteiger partial charge in [-0.25, -0.2) is 9.59 Å². The van der Waals surface area contributed by atoms with Crippen LogP contribution in [0, 0.1) is 0 Å². The number of aromatic nitrogens is 2. The predicted octanol–water partition coefficient (Wildman–Crippen LogP) is 3.51. The predicted molar refractivity (Wildman–Crippen MR) is 110 cm³/mol. The van der Waals surface area contributed by atoms with Crippen LogP contribution in [0.15, 0.2) is 41.2 Å².